The maximum Gasteiger partial charge on any atom is 0.164 e. The van der Waals surface area contributed by atoms with Gasteiger partial charge in [0, 0.05) is 54.0 Å². The topological polar surface area (TPSA) is 76.2 Å². The zero-order valence-electron chi connectivity index (χ0n) is 46.1. The van der Waals surface area contributed by atoms with Crippen LogP contribution in [0.3, 0.4) is 0 Å². The van der Waals surface area contributed by atoms with E-state index in [-0.39, 0.29) is 42.5 Å². The Morgan fingerprint density at radius 1 is 0.712 bits per heavy atom. The maximum absolute atomic E-state index is 12.2. The Bertz CT molecular complexity index is 3180. The number of allylic oxidation sites excluding steroid dienone is 2. The van der Waals surface area contributed by atoms with Crippen LogP contribution in [-0.4, -0.2) is 20.9 Å². The van der Waals surface area contributed by atoms with Crippen LogP contribution in [0.5, 0.6) is 0 Å². The van der Waals surface area contributed by atoms with Crippen molar-refractivity contribution in [1.82, 2.24) is 9.97 Å². The molecule has 0 saturated heterocycles. The van der Waals surface area contributed by atoms with Gasteiger partial charge in [0.25, 0.3) is 0 Å². The average Bonchev–Trinajstić information content (AvgIpc) is 4.05. The molecule has 1 saturated carbocycles. The number of aliphatic hydroxyl groups is 1. The molecule has 1 aliphatic carbocycles. The molecule has 3 aromatic heterocycles. The fourth-order valence-electron chi connectivity index (χ4n) is 10.4. The number of carbonyl (C=O) groups is 1. The third-order valence-electron chi connectivity index (χ3n) is 15.7. The molecule has 73 heavy (non-hydrogen) atoms. The first-order valence-electron chi connectivity index (χ1n) is 27.0. The molecule has 0 amide bonds. The van der Waals surface area contributed by atoms with Gasteiger partial charge in [-0.25, -0.2) is 0 Å². The van der Waals surface area contributed by atoms with Gasteiger partial charge >= 0.3 is 0 Å². The summed E-state index contributed by atoms with van der Waals surface area (Å²) in [6.07, 6.45) is 14.2. The number of fused-ring (bicyclic) bond motifs is 5. The standard InChI is InChI=1S/C31H30NO.C21H22N.C15H28O2.Ir/c1-19(2)14-23-18-32-30(26-17-22(12-13-24(23)26)21-8-4-5-9-21)28-16-20(3)15-27-25-10-6-7-11-29(25)33-31(27)28;1-14(2)10-17-6-5-7-21-19(17)8-9-20(22-21)18-12-15(3)11-16(4)13-18;1-7-14(5,8-2)12(16)11-13(17)15(6,9-3)10-4;/h6-7,10-13,15,17-19,21H,4-5,8-9,14H2,1-3H3;5-9,11-12,14H,10H2,1-4H3;11,16H,7-10H2,1-6H3;/q2*-1;;/b;;12-11-;. The van der Waals surface area contributed by atoms with Gasteiger partial charge in [-0.3, -0.25) is 9.78 Å². The molecular weight excluding hydrogens is 1070 g/mol. The van der Waals surface area contributed by atoms with Crippen molar-refractivity contribution in [2.75, 3.05) is 0 Å². The number of rotatable bonds is 14. The van der Waals surface area contributed by atoms with Crippen molar-refractivity contribution < 1.29 is 34.4 Å². The minimum absolute atomic E-state index is 0. The summed E-state index contributed by atoms with van der Waals surface area (Å²) in [5.41, 5.74) is 14.0. The van der Waals surface area contributed by atoms with E-state index in [9.17, 15) is 9.90 Å². The largest absolute Gasteiger partial charge is 0.512 e. The quantitative estimate of drug-likeness (QED) is 0.0667. The number of furan rings is 1. The summed E-state index contributed by atoms with van der Waals surface area (Å²) < 4.78 is 6.40. The summed E-state index contributed by atoms with van der Waals surface area (Å²) in [6, 6.07) is 39.7. The number of aliphatic hydroxyl groups excluding tert-OH is 1. The zero-order valence-corrected chi connectivity index (χ0v) is 48.5. The smallest absolute Gasteiger partial charge is 0.164 e. The zero-order chi connectivity index (χ0) is 51.9. The van der Waals surface area contributed by atoms with Crippen LogP contribution in [-0.2, 0) is 37.7 Å². The van der Waals surface area contributed by atoms with Gasteiger partial charge in [0.2, 0.25) is 0 Å². The second-order valence-electron chi connectivity index (χ2n) is 22.1. The molecule has 0 unspecified atom stereocenters. The number of nitrogens with zero attached hydrogens (tertiary/aromatic N) is 2. The van der Waals surface area contributed by atoms with Crippen molar-refractivity contribution >= 4 is 49.4 Å². The Labute approximate surface area is 451 Å². The van der Waals surface area contributed by atoms with Gasteiger partial charge in [-0.2, -0.15) is 0 Å². The number of carbonyl (C=O) groups excluding carboxylic acids is 1. The number of hydrogen-bond acceptors (Lipinski definition) is 5. The Kier molecular flexibility index (Phi) is 19.3. The number of benzene rings is 5. The fraction of sp³-hybridized carbons (Fsp3) is 0.418. The van der Waals surface area contributed by atoms with Crippen molar-refractivity contribution in [2.24, 2.45) is 22.7 Å². The molecule has 6 heteroatoms. The maximum atomic E-state index is 12.2. The Hall–Kier alpha value is -5.42. The number of pyridine rings is 2. The number of ketones is 1. The predicted octanol–water partition coefficient (Wildman–Crippen LogP) is 18.9. The molecule has 0 aliphatic heterocycles. The molecule has 5 nitrogen and oxygen atoms in total. The van der Waals surface area contributed by atoms with E-state index in [1.54, 1.807) is 0 Å². The van der Waals surface area contributed by atoms with Crippen LogP contribution < -0.4 is 0 Å². The number of aryl methyl sites for hydroxylation is 3. The molecule has 5 aromatic carbocycles. The molecule has 1 N–H and O–H groups in total. The van der Waals surface area contributed by atoms with Crippen LogP contribution in [0.4, 0.5) is 0 Å². The molecule has 1 radical (unpaired) electrons. The molecule has 387 valence electrons. The second kappa shape index (κ2) is 24.7. The first kappa shape index (κ1) is 56.9. The van der Waals surface area contributed by atoms with E-state index < -0.39 is 0 Å². The van der Waals surface area contributed by atoms with Gasteiger partial charge in [0.1, 0.15) is 11.3 Å². The number of hydrogen-bond donors (Lipinski definition) is 1. The third kappa shape index (κ3) is 13.1. The fourth-order valence-corrected chi connectivity index (χ4v) is 10.4. The van der Waals surface area contributed by atoms with E-state index in [2.05, 4.69) is 146 Å². The minimum atomic E-state index is -0.337. The summed E-state index contributed by atoms with van der Waals surface area (Å²) in [5, 5.41) is 16.2. The van der Waals surface area contributed by atoms with E-state index in [1.807, 2.05) is 53.7 Å². The van der Waals surface area contributed by atoms with Crippen molar-refractivity contribution in [1.29, 1.82) is 0 Å². The van der Waals surface area contributed by atoms with Crippen molar-refractivity contribution in [3.05, 3.63) is 155 Å². The summed E-state index contributed by atoms with van der Waals surface area (Å²) in [4.78, 5) is 22.1. The molecular formula is C67H80IrN2O3-2. The molecule has 9 rings (SSSR count). The van der Waals surface area contributed by atoms with Gasteiger partial charge in [0.15, 0.2) is 5.78 Å². The van der Waals surface area contributed by atoms with Crippen LogP contribution in [0.15, 0.2) is 113 Å². The van der Waals surface area contributed by atoms with Crippen LogP contribution >= 0.6 is 0 Å². The molecule has 1 aliphatic rings. The molecule has 0 atom stereocenters. The van der Waals surface area contributed by atoms with Crippen LogP contribution in [0, 0.1) is 55.6 Å². The molecule has 0 spiro atoms. The van der Waals surface area contributed by atoms with Gasteiger partial charge in [-0.1, -0.05) is 174 Å². The molecule has 0 bridgehead atoms. The molecule has 3 heterocycles. The van der Waals surface area contributed by atoms with Crippen molar-refractivity contribution in [3.8, 4) is 22.5 Å². The summed E-state index contributed by atoms with van der Waals surface area (Å²) in [6.45, 7) is 27.5. The van der Waals surface area contributed by atoms with Crippen molar-refractivity contribution in [2.45, 2.75) is 160 Å². The monoisotopic (exact) mass is 1150 g/mol. The Morgan fingerprint density at radius 2 is 1.36 bits per heavy atom. The third-order valence-corrected chi connectivity index (χ3v) is 15.7. The predicted molar refractivity (Wildman–Crippen MR) is 305 cm³/mol. The van der Waals surface area contributed by atoms with E-state index in [0.29, 0.717) is 17.8 Å². The van der Waals surface area contributed by atoms with Gasteiger partial charge < -0.3 is 14.5 Å². The summed E-state index contributed by atoms with van der Waals surface area (Å²) in [5.74, 6) is 2.19. The van der Waals surface area contributed by atoms with E-state index >= 15 is 0 Å². The van der Waals surface area contributed by atoms with Crippen LogP contribution in [0.2, 0.25) is 0 Å². The first-order chi connectivity index (χ1) is 34.4. The van der Waals surface area contributed by atoms with E-state index in [0.717, 1.165) is 99.6 Å². The normalized spacial score (nSPS) is 13.4. The first-order valence-corrected chi connectivity index (χ1v) is 27.0. The number of para-hydroxylation sites is 1. The number of aromatic nitrogens is 2. The Balaban J connectivity index is 0.000000190. The second-order valence-corrected chi connectivity index (χ2v) is 22.1. The average molecular weight is 1150 g/mol. The van der Waals surface area contributed by atoms with Gasteiger partial charge in [-0.05, 0) is 120 Å². The van der Waals surface area contributed by atoms with E-state index in [1.165, 1.54) is 70.2 Å². The summed E-state index contributed by atoms with van der Waals surface area (Å²) in [7, 11) is 0. The molecule has 1 fully saturated rings. The van der Waals surface area contributed by atoms with Gasteiger partial charge in [0.05, 0.1) is 11.1 Å². The van der Waals surface area contributed by atoms with Crippen molar-refractivity contribution in [3.63, 3.8) is 0 Å². The van der Waals surface area contributed by atoms with Crippen LogP contribution in [0.1, 0.15) is 160 Å². The minimum Gasteiger partial charge on any atom is -0.512 e. The van der Waals surface area contributed by atoms with E-state index in [4.69, 9.17) is 14.4 Å². The van der Waals surface area contributed by atoms with Gasteiger partial charge in [-0.15, -0.1) is 52.6 Å². The summed E-state index contributed by atoms with van der Waals surface area (Å²) >= 11 is 0. The molecule has 8 aromatic rings. The Morgan fingerprint density at radius 3 is 2.01 bits per heavy atom. The SMILES string of the molecule is CCC(C)(CC)C(=O)/C=C(\O)C(C)(CC)CC.Cc1[c-]c(-c2ccc3c(CC(C)C)cccc3n2)cc(C)c1.Cc1[c-]c(-c2ncc(CC(C)C)c3ccc(C4CCCC4)cc23)c2oc3ccccc3c2c1.[Ir]. The van der Waals surface area contributed by atoms with Crippen LogP contribution in [0.25, 0.3) is 66.1 Å².